The fourth-order valence-corrected chi connectivity index (χ4v) is 4.32. The Morgan fingerprint density at radius 2 is 1.63 bits per heavy atom. The van der Waals surface area contributed by atoms with E-state index in [-0.39, 0.29) is 24.4 Å². The molecule has 0 aromatic heterocycles. The Morgan fingerprint density at radius 1 is 0.967 bits per heavy atom. The van der Waals surface area contributed by atoms with Crippen LogP contribution in [0.3, 0.4) is 0 Å². The normalized spacial score (nSPS) is 19.2. The fourth-order valence-electron chi connectivity index (χ4n) is 3.69. The molecule has 1 atom stereocenters. The monoisotopic (exact) mass is 486 g/mol. The Labute approximate surface area is 197 Å². The van der Waals surface area contributed by atoms with E-state index in [0.29, 0.717) is 32.9 Å². The molecule has 2 aliphatic heterocycles. The number of benzene rings is 2. The molecule has 1 unspecified atom stereocenters. The Kier molecular flexibility index (Phi) is 7.88. The van der Waals surface area contributed by atoms with Crippen molar-refractivity contribution in [3.05, 3.63) is 63.1 Å². The molecule has 4 rings (SSSR count). The van der Waals surface area contributed by atoms with Crippen molar-refractivity contribution in [2.24, 2.45) is 5.10 Å². The number of carbonyl (C=O) groups excluding carboxylic acids is 1. The Balaban J connectivity index is 0.00000256. The molecule has 0 radical (unpaired) electrons. The van der Waals surface area contributed by atoms with Crippen molar-refractivity contribution in [3.63, 3.8) is 0 Å². The second-order valence-electron chi connectivity index (χ2n) is 7.25. The fraction of sp³-hybridized carbons (Fsp3) is 0.333. The van der Waals surface area contributed by atoms with Gasteiger partial charge in [-0.1, -0.05) is 53.4 Å². The highest BCUT2D eigenvalue weighted by Crippen LogP contribution is 2.39. The average Bonchev–Trinajstić information content (AvgIpc) is 3.14. The molecule has 0 aliphatic carbocycles. The van der Waals surface area contributed by atoms with Crippen LogP contribution >= 0.6 is 47.2 Å². The lowest BCUT2D eigenvalue weighted by molar-refractivity contribution is -0.119. The van der Waals surface area contributed by atoms with Gasteiger partial charge in [-0.15, -0.1) is 12.4 Å². The number of anilines is 1. The van der Waals surface area contributed by atoms with Crippen molar-refractivity contribution in [2.75, 3.05) is 18.1 Å². The van der Waals surface area contributed by atoms with Gasteiger partial charge in [0, 0.05) is 29.6 Å². The second kappa shape index (κ2) is 10.2. The first-order valence-corrected chi connectivity index (χ1v) is 10.8. The van der Waals surface area contributed by atoms with E-state index in [4.69, 9.17) is 34.8 Å². The van der Waals surface area contributed by atoms with Gasteiger partial charge in [-0.25, -0.2) is 5.01 Å². The SMILES string of the molecule is Cl.O=C(NN1CCCCC1)C1=NN(c2ccc(Cl)cc2Cl)C(c2ccc(Cl)cc2)C1. The van der Waals surface area contributed by atoms with Gasteiger partial charge >= 0.3 is 0 Å². The third-order valence-electron chi connectivity index (χ3n) is 5.20. The number of halogens is 4. The summed E-state index contributed by atoms with van der Waals surface area (Å²) in [5.41, 5.74) is 5.18. The summed E-state index contributed by atoms with van der Waals surface area (Å²) in [4.78, 5) is 12.9. The van der Waals surface area contributed by atoms with E-state index >= 15 is 0 Å². The zero-order valence-corrected chi connectivity index (χ0v) is 19.2. The molecule has 0 saturated carbocycles. The molecule has 9 heteroatoms. The van der Waals surface area contributed by atoms with Gasteiger partial charge in [0.05, 0.1) is 16.8 Å². The first-order valence-electron chi connectivity index (χ1n) is 9.64. The molecule has 0 bridgehead atoms. The number of rotatable bonds is 4. The molecule has 1 N–H and O–H groups in total. The molecular formula is C21H22Cl4N4O. The zero-order valence-electron chi connectivity index (χ0n) is 16.2. The minimum absolute atomic E-state index is 0. The topological polar surface area (TPSA) is 47.9 Å². The van der Waals surface area contributed by atoms with Gasteiger partial charge in [0.15, 0.2) is 0 Å². The third-order valence-corrected chi connectivity index (χ3v) is 5.99. The van der Waals surface area contributed by atoms with Crippen LogP contribution in [0.15, 0.2) is 47.6 Å². The molecule has 0 spiro atoms. The largest absolute Gasteiger partial charge is 0.284 e. The average molecular weight is 488 g/mol. The van der Waals surface area contributed by atoms with Crippen LogP contribution in [0.1, 0.15) is 37.3 Å². The number of amides is 1. The summed E-state index contributed by atoms with van der Waals surface area (Å²) in [7, 11) is 0. The minimum Gasteiger partial charge on any atom is -0.284 e. The molecule has 160 valence electrons. The van der Waals surface area contributed by atoms with Crippen LogP contribution in [0.5, 0.6) is 0 Å². The maximum atomic E-state index is 12.9. The lowest BCUT2D eigenvalue weighted by atomic mass is 10.0. The molecule has 1 fully saturated rings. The predicted molar refractivity (Wildman–Crippen MR) is 126 cm³/mol. The highest BCUT2D eigenvalue weighted by atomic mass is 35.5. The number of nitrogens with zero attached hydrogens (tertiary/aromatic N) is 3. The first kappa shape index (κ1) is 23.2. The Morgan fingerprint density at radius 3 is 2.30 bits per heavy atom. The summed E-state index contributed by atoms with van der Waals surface area (Å²) < 4.78 is 0. The first-order chi connectivity index (χ1) is 14.0. The van der Waals surface area contributed by atoms with Crippen molar-refractivity contribution >= 4 is 64.5 Å². The standard InChI is InChI=1S/C21H21Cl3N4O.ClH/c22-15-6-4-14(5-7-15)20-13-18(21(29)26-27-10-2-1-3-11-27)25-28(20)19-9-8-16(23)12-17(19)24;/h4-9,12,20H,1-3,10-11,13H2,(H,26,29);1H. The maximum Gasteiger partial charge on any atom is 0.281 e. The van der Waals surface area contributed by atoms with Gasteiger partial charge in [0.25, 0.3) is 5.91 Å². The van der Waals surface area contributed by atoms with Crippen LogP contribution in [-0.4, -0.2) is 29.7 Å². The summed E-state index contributed by atoms with van der Waals surface area (Å²) in [5.74, 6) is -0.168. The van der Waals surface area contributed by atoms with Gasteiger partial charge < -0.3 is 0 Å². The summed E-state index contributed by atoms with van der Waals surface area (Å²) in [6, 6.07) is 12.7. The lowest BCUT2D eigenvalue weighted by Gasteiger charge is -2.26. The van der Waals surface area contributed by atoms with E-state index in [1.54, 1.807) is 17.1 Å². The van der Waals surface area contributed by atoms with Gasteiger partial charge in [0.2, 0.25) is 0 Å². The Bertz CT molecular complexity index is 929. The quantitative estimate of drug-likeness (QED) is 0.584. The van der Waals surface area contributed by atoms with Crippen LogP contribution in [0.25, 0.3) is 0 Å². The summed E-state index contributed by atoms with van der Waals surface area (Å²) in [5, 5.41) is 10.1. The number of piperidine rings is 1. The van der Waals surface area contributed by atoms with E-state index in [0.717, 1.165) is 31.5 Å². The summed E-state index contributed by atoms with van der Waals surface area (Å²) in [6.45, 7) is 1.73. The molecule has 2 heterocycles. The molecule has 5 nitrogen and oxygen atoms in total. The van der Waals surface area contributed by atoms with E-state index in [1.807, 2.05) is 35.3 Å². The number of hydrazone groups is 1. The molecule has 1 amide bonds. The molecule has 2 aliphatic rings. The minimum atomic E-state index is -0.168. The summed E-state index contributed by atoms with van der Waals surface area (Å²) >= 11 is 18.6. The summed E-state index contributed by atoms with van der Waals surface area (Å²) in [6.07, 6.45) is 3.86. The van der Waals surface area contributed by atoms with Crippen molar-refractivity contribution in [3.8, 4) is 0 Å². The number of hydrogen-bond acceptors (Lipinski definition) is 4. The highest BCUT2D eigenvalue weighted by Gasteiger charge is 2.34. The van der Waals surface area contributed by atoms with Crippen molar-refractivity contribution in [1.82, 2.24) is 10.4 Å². The smallest absolute Gasteiger partial charge is 0.281 e. The number of hydrogen-bond donors (Lipinski definition) is 1. The van der Waals surface area contributed by atoms with Crippen LogP contribution in [-0.2, 0) is 4.79 Å². The number of carbonyl (C=O) groups is 1. The van der Waals surface area contributed by atoms with Crippen LogP contribution in [0.2, 0.25) is 15.1 Å². The van der Waals surface area contributed by atoms with Gasteiger partial charge in [-0.05, 0) is 48.7 Å². The molecular weight excluding hydrogens is 466 g/mol. The van der Waals surface area contributed by atoms with Crippen LogP contribution < -0.4 is 10.4 Å². The van der Waals surface area contributed by atoms with E-state index in [2.05, 4.69) is 10.5 Å². The molecule has 2 aromatic carbocycles. The Hall–Kier alpha value is -1.50. The predicted octanol–water partition coefficient (Wildman–Crippen LogP) is 5.89. The van der Waals surface area contributed by atoms with Crippen molar-refractivity contribution in [1.29, 1.82) is 0 Å². The molecule has 1 saturated heterocycles. The van der Waals surface area contributed by atoms with Gasteiger partial charge in [0.1, 0.15) is 5.71 Å². The maximum absolute atomic E-state index is 12.9. The van der Waals surface area contributed by atoms with E-state index in [9.17, 15) is 4.79 Å². The third kappa shape index (κ3) is 5.21. The molecule has 30 heavy (non-hydrogen) atoms. The molecule has 2 aromatic rings. The van der Waals surface area contributed by atoms with Crippen LogP contribution in [0, 0.1) is 0 Å². The van der Waals surface area contributed by atoms with Crippen molar-refractivity contribution in [2.45, 2.75) is 31.7 Å². The lowest BCUT2D eigenvalue weighted by Crippen LogP contribution is -2.47. The van der Waals surface area contributed by atoms with Gasteiger partial charge in [-0.2, -0.15) is 5.10 Å². The van der Waals surface area contributed by atoms with E-state index < -0.39 is 0 Å². The zero-order chi connectivity index (χ0) is 20.4. The van der Waals surface area contributed by atoms with E-state index in [1.165, 1.54) is 6.42 Å². The van der Waals surface area contributed by atoms with Crippen LogP contribution in [0.4, 0.5) is 5.69 Å². The van der Waals surface area contributed by atoms with Crippen molar-refractivity contribution < 1.29 is 4.79 Å². The number of hydrazine groups is 1. The highest BCUT2D eigenvalue weighted by molar-refractivity contribution is 6.40. The van der Waals surface area contributed by atoms with Gasteiger partial charge in [-0.3, -0.25) is 15.2 Å². The number of nitrogens with one attached hydrogen (secondary N) is 1. The second-order valence-corrected chi connectivity index (χ2v) is 8.53.